The van der Waals surface area contributed by atoms with Gasteiger partial charge in [0.1, 0.15) is 17.4 Å². The average Bonchev–Trinajstić information content (AvgIpc) is 2.66. The van der Waals surface area contributed by atoms with E-state index in [1.165, 1.54) is 6.08 Å². The highest BCUT2D eigenvalue weighted by atomic mass is 16.5. The summed E-state index contributed by atoms with van der Waals surface area (Å²) in [6.45, 7) is 2.32. The second-order valence-corrected chi connectivity index (χ2v) is 5.30. The molecule has 0 aliphatic rings. The minimum Gasteiger partial charge on any atom is -0.484 e. The SMILES string of the molecule is CCNC(=O)COc1ccc(C=C(C#N)C(=O)Nc2ccccc2)cc1. The van der Waals surface area contributed by atoms with E-state index in [1.54, 1.807) is 48.5 Å². The fourth-order valence-corrected chi connectivity index (χ4v) is 2.09. The maximum atomic E-state index is 12.2. The Morgan fingerprint density at radius 3 is 2.42 bits per heavy atom. The maximum Gasteiger partial charge on any atom is 0.266 e. The zero-order valence-corrected chi connectivity index (χ0v) is 14.4. The van der Waals surface area contributed by atoms with Gasteiger partial charge >= 0.3 is 0 Å². The molecule has 2 rings (SSSR count). The van der Waals surface area contributed by atoms with Crippen molar-refractivity contribution in [3.05, 3.63) is 65.7 Å². The van der Waals surface area contributed by atoms with Gasteiger partial charge in [-0.05, 0) is 42.8 Å². The Balaban J connectivity index is 2.01. The molecule has 0 unspecified atom stereocenters. The van der Waals surface area contributed by atoms with Crippen LogP contribution in [-0.2, 0) is 9.59 Å². The van der Waals surface area contributed by atoms with Gasteiger partial charge in [0.25, 0.3) is 11.8 Å². The number of anilines is 1. The molecule has 2 aromatic carbocycles. The Hall–Kier alpha value is -3.59. The Bertz CT molecular complexity index is 822. The molecular formula is C20H19N3O3. The standard InChI is InChI=1S/C20H19N3O3/c1-2-22-19(24)14-26-18-10-8-15(9-11-18)12-16(13-21)20(25)23-17-6-4-3-5-7-17/h3-12H,2,14H2,1H3,(H,22,24)(H,23,25). The summed E-state index contributed by atoms with van der Waals surface area (Å²) in [7, 11) is 0. The van der Waals surface area contributed by atoms with Crippen molar-refractivity contribution in [2.75, 3.05) is 18.5 Å². The zero-order chi connectivity index (χ0) is 18.8. The van der Waals surface area contributed by atoms with Gasteiger partial charge in [-0.2, -0.15) is 5.26 Å². The molecule has 132 valence electrons. The van der Waals surface area contributed by atoms with Gasteiger partial charge in [-0.1, -0.05) is 30.3 Å². The number of ether oxygens (including phenoxy) is 1. The first-order valence-electron chi connectivity index (χ1n) is 8.10. The fourth-order valence-electron chi connectivity index (χ4n) is 2.09. The normalized spacial score (nSPS) is 10.5. The monoisotopic (exact) mass is 349 g/mol. The average molecular weight is 349 g/mol. The summed E-state index contributed by atoms with van der Waals surface area (Å²) in [6.07, 6.45) is 1.49. The molecule has 2 aromatic rings. The molecular weight excluding hydrogens is 330 g/mol. The van der Waals surface area contributed by atoms with Crippen molar-refractivity contribution in [1.82, 2.24) is 5.32 Å². The molecule has 0 heterocycles. The molecule has 0 aliphatic heterocycles. The van der Waals surface area contributed by atoms with Crippen LogP contribution in [0.1, 0.15) is 12.5 Å². The highest BCUT2D eigenvalue weighted by Gasteiger charge is 2.09. The number of rotatable bonds is 7. The van der Waals surface area contributed by atoms with Gasteiger partial charge in [-0.15, -0.1) is 0 Å². The number of likely N-dealkylation sites (N-methyl/N-ethyl adjacent to an activating group) is 1. The Kier molecular flexibility index (Phi) is 6.95. The third-order valence-electron chi connectivity index (χ3n) is 3.33. The maximum absolute atomic E-state index is 12.2. The van der Waals surface area contributed by atoms with Crippen LogP contribution >= 0.6 is 0 Å². The van der Waals surface area contributed by atoms with E-state index in [-0.39, 0.29) is 18.1 Å². The van der Waals surface area contributed by atoms with E-state index < -0.39 is 5.91 Å². The van der Waals surface area contributed by atoms with Gasteiger partial charge in [0, 0.05) is 12.2 Å². The van der Waals surface area contributed by atoms with Gasteiger partial charge in [0.2, 0.25) is 0 Å². The van der Waals surface area contributed by atoms with E-state index >= 15 is 0 Å². The van der Waals surface area contributed by atoms with Gasteiger partial charge in [-0.3, -0.25) is 9.59 Å². The zero-order valence-electron chi connectivity index (χ0n) is 14.4. The molecule has 2 amide bonds. The molecule has 26 heavy (non-hydrogen) atoms. The van der Waals surface area contributed by atoms with Crippen LogP contribution in [-0.4, -0.2) is 25.0 Å². The van der Waals surface area contributed by atoms with E-state index in [0.29, 0.717) is 23.5 Å². The van der Waals surface area contributed by atoms with E-state index in [1.807, 2.05) is 19.1 Å². The van der Waals surface area contributed by atoms with Crippen LogP contribution in [0.5, 0.6) is 5.75 Å². The molecule has 2 N–H and O–H groups in total. The van der Waals surface area contributed by atoms with E-state index in [9.17, 15) is 14.9 Å². The Morgan fingerprint density at radius 1 is 1.12 bits per heavy atom. The van der Waals surface area contributed by atoms with Crippen LogP contribution in [0.25, 0.3) is 6.08 Å². The van der Waals surface area contributed by atoms with Crippen molar-refractivity contribution in [2.24, 2.45) is 0 Å². The van der Waals surface area contributed by atoms with Crippen molar-refractivity contribution >= 4 is 23.6 Å². The first-order valence-corrected chi connectivity index (χ1v) is 8.10. The van der Waals surface area contributed by atoms with Crippen molar-refractivity contribution in [2.45, 2.75) is 6.92 Å². The van der Waals surface area contributed by atoms with Crippen molar-refractivity contribution in [3.63, 3.8) is 0 Å². The van der Waals surface area contributed by atoms with Crippen LogP contribution in [0.2, 0.25) is 0 Å². The third kappa shape index (κ3) is 5.80. The number of nitrogens with one attached hydrogen (secondary N) is 2. The van der Waals surface area contributed by atoms with Crippen LogP contribution in [0, 0.1) is 11.3 Å². The molecule has 0 fully saturated rings. The summed E-state index contributed by atoms with van der Waals surface area (Å²) in [5, 5.41) is 14.5. The summed E-state index contributed by atoms with van der Waals surface area (Å²) in [6, 6.07) is 17.6. The van der Waals surface area contributed by atoms with Gasteiger partial charge < -0.3 is 15.4 Å². The lowest BCUT2D eigenvalue weighted by atomic mass is 10.1. The topological polar surface area (TPSA) is 91.2 Å². The highest BCUT2D eigenvalue weighted by Crippen LogP contribution is 2.15. The quantitative estimate of drug-likeness (QED) is 0.594. The lowest BCUT2D eigenvalue weighted by Crippen LogP contribution is -2.28. The number of para-hydroxylation sites is 1. The summed E-state index contributed by atoms with van der Waals surface area (Å²) in [5.74, 6) is -0.142. The van der Waals surface area contributed by atoms with Crippen LogP contribution < -0.4 is 15.4 Å². The van der Waals surface area contributed by atoms with Gasteiger partial charge in [-0.25, -0.2) is 0 Å². The number of carbonyl (C=O) groups is 2. The largest absolute Gasteiger partial charge is 0.484 e. The molecule has 0 bridgehead atoms. The second-order valence-electron chi connectivity index (χ2n) is 5.30. The number of carbonyl (C=O) groups excluding carboxylic acids is 2. The number of nitrogens with zero attached hydrogens (tertiary/aromatic N) is 1. The minimum atomic E-state index is -0.477. The molecule has 0 atom stereocenters. The summed E-state index contributed by atoms with van der Waals surface area (Å²) in [4.78, 5) is 23.5. The molecule has 0 saturated carbocycles. The lowest BCUT2D eigenvalue weighted by molar-refractivity contribution is -0.123. The first kappa shape index (κ1) is 18.7. The summed E-state index contributed by atoms with van der Waals surface area (Å²) < 4.78 is 5.36. The lowest BCUT2D eigenvalue weighted by Gasteiger charge is -2.06. The van der Waals surface area contributed by atoms with Crippen LogP contribution in [0.4, 0.5) is 5.69 Å². The van der Waals surface area contributed by atoms with Gasteiger partial charge in [0.05, 0.1) is 0 Å². The van der Waals surface area contributed by atoms with Crippen LogP contribution in [0.15, 0.2) is 60.2 Å². The number of hydrogen-bond donors (Lipinski definition) is 2. The van der Waals surface area contributed by atoms with E-state index in [0.717, 1.165) is 0 Å². The highest BCUT2D eigenvalue weighted by molar-refractivity contribution is 6.09. The third-order valence-corrected chi connectivity index (χ3v) is 3.33. The molecule has 0 radical (unpaired) electrons. The van der Waals surface area contributed by atoms with Crippen molar-refractivity contribution in [1.29, 1.82) is 5.26 Å². The second kappa shape index (κ2) is 9.64. The minimum absolute atomic E-state index is 0.00940. The molecule has 0 spiro atoms. The molecule has 0 saturated heterocycles. The summed E-state index contributed by atoms with van der Waals surface area (Å²) in [5.41, 5.74) is 1.28. The van der Waals surface area contributed by atoms with Crippen molar-refractivity contribution in [3.8, 4) is 11.8 Å². The fraction of sp³-hybridized carbons (Fsp3) is 0.150. The van der Waals surface area contributed by atoms with E-state index in [2.05, 4.69) is 10.6 Å². The number of benzene rings is 2. The molecule has 0 aromatic heterocycles. The molecule has 6 nitrogen and oxygen atoms in total. The Morgan fingerprint density at radius 2 is 1.81 bits per heavy atom. The molecule has 0 aliphatic carbocycles. The first-order chi connectivity index (χ1) is 12.6. The number of nitriles is 1. The predicted molar refractivity (Wildman–Crippen MR) is 99.3 cm³/mol. The van der Waals surface area contributed by atoms with E-state index in [4.69, 9.17) is 4.74 Å². The predicted octanol–water partition coefficient (Wildman–Crippen LogP) is 2.75. The van der Waals surface area contributed by atoms with Gasteiger partial charge in [0.15, 0.2) is 6.61 Å². The number of hydrogen-bond acceptors (Lipinski definition) is 4. The summed E-state index contributed by atoms with van der Waals surface area (Å²) >= 11 is 0. The van der Waals surface area contributed by atoms with Crippen LogP contribution in [0.3, 0.4) is 0 Å². The number of amides is 2. The Labute approximate surface area is 152 Å². The molecule has 6 heteroatoms. The van der Waals surface area contributed by atoms with Crippen molar-refractivity contribution < 1.29 is 14.3 Å². The smallest absolute Gasteiger partial charge is 0.266 e.